The lowest BCUT2D eigenvalue weighted by Crippen LogP contribution is -2.19. The van der Waals surface area contributed by atoms with Crippen molar-refractivity contribution in [1.82, 2.24) is 0 Å². The summed E-state index contributed by atoms with van der Waals surface area (Å²) in [6, 6.07) is 15.1. The Morgan fingerprint density at radius 3 is 2.42 bits per heavy atom. The van der Waals surface area contributed by atoms with Crippen LogP contribution in [0.5, 0.6) is 0 Å². The maximum absolute atomic E-state index is 11.8. The summed E-state index contributed by atoms with van der Waals surface area (Å²) in [6.07, 6.45) is 0. The molecular formula is C15H15BrN2O. The lowest BCUT2D eigenvalue weighted by atomic mass is 10.2. The van der Waals surface area contributed by atoms with E-state index in [1.165, 1.54) is 0 Å². The first-order chi connectivity index (χ1) is 9.17. The Bertz CT molecular complexity index is 567. The van der Waals surface area contributed by atoms with Crippen LogP contribution < -0.4 is 10.6 Å². The van der Waals surface area contributed by atoms with Gasteiger partial charge in [-0.25, -0.2) is 4.79 Å². The second kappa shape index (κ2) is 6.38. The molecule has 0 aliphatic heterocycles. The van der Waals surface area contributed by atoms with Gasteiger partial charge in [-0.2, -0.15) is 0 Å². The minimum absolute atomic E-state index is 0.240. The largest absolute Gasteiger partial charge is 0.323 e. The van der Waals surface area contributed by atoms with Crippen LogP contribution in [0.4, 0.5) is 16.2 Å². The first kappa shape index (κ1) is 13.6. The summed E-state index contributed by atoms with van der Waals surface area (Å²) in [5.41, 5.74) is 3.84. The van der Waals surface area contributed by atoms with Gasteiger partial charge in [0, 0.05) is 16.7 Å². The number of anilines is 2. The Balaban J connectivity index is 1.99. The lowest BCUT2D eigenvalue weighted by molar-refractivity contribution is 0.262. The van der Waals surface area contributed by atoms with E-state index in [-0.39, 0.29) is 6.03 Å². The molecule has 2 aromatic rings. The number of rotatable bonds is 3. The Kier molecular flexibility index (Phi) is 4.58. The van der Waals surface area contributed by atoms with Gasteiger partial charge in [0.15, 0.2) is 0 Å². The fraction of sp³-hybridized carbons (Fsp3) is 0.133. The van der Waals surface area contributed by atoms with Crippen molar-refractivity contribution in [1.29, 1.82) is 0 Å². The smallest absolute Gasteiger partial charge is 0.308 e. The normalized spacial score (nSPS) is 10.0. The van der Waals surface area contributed by atoms with Gasteiger partial charge in [-0.05, 0) is 36.8 Å². The van der Waals surface area contributed by atoms with Crippen molar-refractivity contribution < 1.29 is 4.79 Å². The van der Waals surface area contributed by atoms with Gasteiger partial charge in [0.1, 0.15) is 0 Å². The third-order valence-corrected chi connectivity index (χ3v) is 3.30. The van der Waals surface area contributed by atoms with Crippen LogP contribution in [0.15, 0.2) is 48.5 Å². The maximum atomic E-state index is 11.8. The molecule has 0 unspecified atom stereocenters. The maximum Gasteiger partial charge on any atom is 0.323 e. The highest BCUT2D eigenvalue weighted by molar-refractivity contribution is 9.08. The highest BCUT2D eigenvalue weighted by atomic mass is 79.9. The average molecular weight is 319 g/mol. The molecule has 0 aliphatic rings. The summed E-state index contributed by atoms with van der Waals surface area (Å²) >= 11 is 3.39. The van der Waals surface area contributed by atoms with Crippen molar-refractivity contribution in [3.05, 3.63) is 59.7 Å². The molecule has 0 atom stereocenters. The van der Waals surface area contributed by atoms with E-state index in [2.05, 4.69) is 26.6 Å². The number of aryl methyl sites for hydroxylation is 1. The van der Waals surface area contributed by atoms with E-state index in [4.69, 9.17) is 0 Å². The first-order valence-electron chi connectivity index (χ1n) is 5.97. The number of nitrogens with one attached hydrogen (secondary N) is 2. The van der Waals surface area contributed by atoms with Crippen molar-refractivity contribution in [3.63, 3.8) is 0 Å². The molecule has 98 valence electrons. The monoisotopic (exact) mass is 318 g/mol. The molecule has 0 spiro atoms. The van der Waals surface area contributed by atoms with E-state index in [0.717, 1.165) is 27.8 Å². The summed E-state index contributed by atoms with van der Waals surface area (Å²) < 4.78 is 0. The van der Waals surface area contributed by atoms with E-state index < -0.39 is 0 Å². The standard InChI is InChI=1S/C15H15BrN2O/c1-11-5-7-13(8-6-11)17-15(19)18-14-4-2-3-12(9-14)10-16/h2-9H,10H2,1H3,(H2,17,18,19). The van der Waals surface area contributed by atoms with Gasteiger partial charge in [0.25, 0.3) is 0 Å². The number of carbonyl (C=O) groups is 1. The van der Waals surface area contributed by atoms with Crippen molar-refractivity contribution in [2.24, 2.45) is 0 Å². The van der Waals surface area contributed by atoms with Gasteiger partial charge >= 0.3 is 6.03 Å². The van der Waals surface area contributed by atoms with E-state index in [1.807, 2.05) is 55.5 Å². The summed E-state index contributed by atoms with van der Waals surface area (Å²) in [7, 11) is 0. The molecule has 0 aliphatic carbocycles. The third-order valence-electron chi connectivity index (χ3n) is 2.65. The van der Waals surface area contributed by atoms with Crippen LogP contribution in [-0.4, -0.2) is 6.03 Å². The second-order valence-electron chi connectivity index (χ2n) is 4.28. The van der Waals surface area contributed by atoms with Gasteiger partial charge in [-0.15, -0.1) is 0 Å². The van der Waals surface area contributed by atoms with Gasteiger partial charge in [0.05, 0.1) is 0 Å². The van der Waals surface area contributed by atoms with Crippen LogP contribution in [0.25, 0.3) is 0 Å². The molecule has 19 heavy (non-hydrogen) atoms. The van der Waals surface area contributed by atoms with Gasteiger partial charge in [-0.3, -0.25) is 0 Å². The van der Waals surface area contributed by atoms with E-state index in [0.29, 0.717) is 0 Å². The summed E-state index contributed by atoms with van der Waals surface area (Å²) in [4.78, 5) is 11.8. The molecule has 2 N–H and O–H groups in total. The van der Waals surface area contributed by atoms with E-state index >= 15 is 0 Å². The fourth-order valence-corrected chi connectivity index (χ4v) is 2.01. The van der Waals surface area contributed by atoms with Crippen LogP contribution in [0.3, 0.4) is 0 Å². The predicted molar refractivity (Wildman–Crippen MR) is 82.9 cm³/mol. The molecule has 0 fully saturated rings. The van der Waals surface area contributed by atoms with Crippen LogP contribution in [0.1, 0.15) is 11.1 Å². The molecular weight excluding hydrogens is 304 g/mol. The zero-order valence-corrected chi connectivity index (χ0v) is 12.2. The van der Waals surface area contributed by atoms with E-state index in [9.17, 15) is 4.79 Å². The number of halogens is 1. The van der Waals surface area contributed by atoms with Crippen LogP contribution in [-0.2, 0) is 5.33 Å². The molecule has 3 nitrogen and oxygen atoms in total. The quantitative estimate of drug-likeness (QED) is 0.802. The van der Waals surface area contributed by atoms with Gasteiger partial charge in [-0.1, -0.05) is 45.8 Å². The number of carbonyl (C=O) groups excluding carboxylic acids is 1. The molecule has 0 bridgehead atoms. The topological polar surface area (TPSA) is 41.1 Å². The average Bonchev–Trinajstić information content (AvgIpc) is 2.41. The minimum Gasteiger partial charge on any atom is -0.308 e. The second-order valence-corrected chi connectivity index (χ2v) is 4.84. The molecule has 4 heteroatoms. The first-order valence-corrected chi connectivity index (χ1v) is 7.09. The van der Waals surface area contributed by atoms with Crippen LogP contribution in [0, 0.1) is 6.92 Å². The number of benzene rings is 2. The molecule has 0 aromatic heterocycles. The SMILES string of the molecule is Cc1ccc(NC(=O)Nc2cccc(CBr)c2)cc1. The number of urea groups is 1. The van der Waals surface area contributed by atoms with Crippen LogP contribution >= 0.6 is 15.9 Å². The molecule has 0 heterocycles. The highest BCUT2D eigenvalue weighted by Crippen LogP contribution is 2.14. The number of alkyl halides is 1. The van der Waals surface area contributed by atoms with Crippen molar-refractivity contribution >= 4 is 33.3 Å². The van der Waals surface area contributed by atoms with E-state index in [1.54, 1.807) is 0 Å². The molecule has 0 radical (unpaired) electrons. The minimum atomic E-state index is -0.240. The number of hydrogen-bond acceptors (Lipinski definition) is 1. The highest BCUT2D eigenvalue weighted by Gasteiger charge is 2.02. The zero-order chi connectivity index (χ0) is 13.7. The van der Waals surface area contributed by atoms with Crippen molar-refractivity contribution in [2.45, 2.75) is 12.3 Å². The molecule has 0 saturated heterocycles. The van der Waals surface area contributed by atoms with Crippen molar-refractivity contribution in [3.8, 4) is 0 Å². The fourth-order valence-electron chi connectivity index (χ4n) is 1.66. The Labute approximate surface area is 121 Å². The molecule has 0 saturated carbocycles. The Hall–Kier alpha value is -1.81. The summed E-state index contributed by atoms with van der Waals surface area (Å²) in [6.45, 7) is 2.01. The van der Waals surface area contributed by atoms with Gasteiger partial charge < -0.3 is 10.6 Å². The van der Waals surface area contributed by atoms with Gasteiger partial charge in [0.2, 0.25) is 0 Å². The zero-order valence-electron chi connectivity index (χ0n) is 10.6. The lowest BCUT2D eigenvalue weighted by Gasteiger charge is -2.08. The Morgan fingerprint density at radius 1 is 1.05 bits per heavy atom. The summed E-state index contributed by atoms with van der Waals surface area (Å²) in [5, 5.41) is 6.37. The Morgan fingerprint density at radius 2 is 1.74 bits per heavy atom. The summed E-state index contributed by atoms with van der Waals surface area (Å²) in [5.74, 6) is 0. The molecule has 2 aromatic carbocycles. The third kappa shape index (κ3) is 4.10. The molecule has 2 rings (SSSR count). The number of amides is 2. The molecule has 2 amide bonds. The number of hydrogen-bond donors (Lipinski definition) is 2. The van der Waals surface area contributed by atoms with Crippen LogP contribution in [0.2, 0.25) is 0 Å². The predicted octanol–water partition coefficient (Wildman–Crippen LogP) is 4.53. The van der Waals surface area contributed by atoms with Crippen molar-refractivity contribution in [2.75, 3.05) is 10.6 Å².